The molecule has 0 fully saturated rings. The van der Waals surface area contributed by atoms with Gasteiger partial charge in [0.25, 0.3) is 15.9 Å². The van der Waals surface area contributed by atoms with Crippen LogP contribution in [0.2, 0.25) is 4.34 Å². The molecule has 0 saturated heterocycles. The van der Waals surface area contributed by atoms with Crippen molar-refractivity contribution in [1.82, 2.24) is 0 Å². The maximum Gasteiger partial charge on any atom is 0.338 e. The van der Waals surface area contributed by atoms with Gasteiger partial charge in [-0.05, 0) is 43.3 Å². The number of hydrogen-bond acceptors (Lipinski definition) is 8. The molecule has 2 aromatic carbocycles. The van der Waals surface area contributed by atoms with Crippen LogP contribution in [0.15, 0.2) is 53.4 Å². The zero-order valence-corrected chi connectivity index (χ0v) is 20.4. The number of benzene rings is 2. The van der Waals surface area contributed by atoms with E-state index in [1.165, 1.54) is 25.2 Å². The van der Waals surface area contributed by atoms with Crippen molar-refractivity contribution in [3.63, 3.8) is 0 Å². The van der Waals surface area contributed by atoms with Crippen molar-refractivity contribution in [2.24, 2.45) is 0 Å². The van der Waals surface area contributed by atoms with E-state index in [1.807, 2.05) is 0 Å². The average molecular weight is 523 g/mol. The van der Waals surface area contributed by atoms with Gasteiger partial charge in [0.15, 0.2) is 11.5 Å². The number of fused-ring (bicyclic) bond motifs is 1. The fourth-order valence-electron chi connectivity index (χ4n) is 3.19. The van der Waals surface area contributed by atoms with Crippen LogP contribution in [0.3, 0.4) is 0 Å². The van der Waals surface area contributed by atoms with E-state index in [0.717, 1.165) is 15.6 Å². The van der Waals surface area contributed by atoms with E-state index in [9.17, 15) is 18.0 Å². The van der Waals surface area contributed by atoms with E-state index in [4.69, 9.17) is 25.8 Å². The summed E-state index contributed by atoms with van der Waals surface area (Å²) >= 11 is 6.94. The van der Waals surface area contributed by atoms with Gasteiger partial charge in [-0.25, -0.2) is 13.2 Å². The summed E-state index contributed by atoms with van der Waals surface area (Å²) in [7, 11) is -2.79. The van der Waals surface area contributed by atoms with E-state index in [0.29, 0.717) is 22.9 Å². The lowest BCUT2D eigenvalue weighted by Gasteiger charge is -2.20. The molecule has 1 aliphatic heterocycles. The molecule has 0 saturated carbocycles. The molecule has 1 N–H and O–H groups in total. The Morgan fingerprint density at radius 1 is 1.15 bits per heavy atom. The number of rotatable bonds is 7. The second-order valence-corrected chi connectivity index (χ2v) is 10.6. The summed E-state index contributed by atoms with van der Waals surface area (Å²) < 4.78 is 43.5. The highest BCUT2D eigenvalue weighted by molar-refractivity contribution is 7.93. The number of nitrogens with one attached hydrogen (secondary N) is 1. The number of ether oxygens (including phenoxy) is 3. The van der Waals surface area contributed by atoms with Gasteiger partial charge >= 0.3 is 5.97 Å². The average Bonchev–Trinajstić information content (AvgIpc) is 3.45. The van der Waals surface area contributed by atoms with E-state index in [-0.39, 0.29) is 33.1 Å². The fraction of sp³-hybridized carbons (Fsp3) is 0.182. The number of esters is 1. The molecule has 12 heteroatoms. The van der Waals surface area contributed by atoms with Crippen LogP contribution in [-0.4, -0.2) is 40.7 Å². The smallest absolute Gasteiger partial charge is 0.338 e. The zero-order chi connectivity index (χ0) is 24.5. The van der Waals surface area contributed by atoms with E-state index < -0.39 is 21.9 Å². The van der Waals surface area contributed by atoms with Crippen LogP contribution in [0.5, 0.6) is 11.5 Å². The predicted molar refractivity (Wildman–Crippen MR) is 128 cm³/mol. The van der Waals surface area contributed by atoms with Crippen LogP contribution in [0.1, 0.15) is 27.0 Å². The van der Waals surface area contributed by atoms with Gasteiger partial charge in [0.1, 0.15) is 9.77 Å². The Balaban J connectivity index is 1.62. The number of thiophene rings is 1. The SMILES string of the molecule is CCOC(=O)c1cccc(NC(=O)c2sc(Cl)cc2S(=O)(=O)N(C)c2ccc3c(c2)OCO3)c1. The summed E-state index contributed by atoms with van der Waals surface area (Å²) in [6.07, 6.45) is 0. The topological polar surface area (TPSA) is 111 Å². The first-order chi connectivity index (χ1) is 16.2. The van der Waals surface area contributed by atoms with Crippen molar-refractivity contribution in [3.8, 4) is 11.5 Å². The van der Waals surface area contributed by atoms with E-state index in [1.54, 1.807) is 37.3 Å². The molecule has 0 unspecified atom stereocenters. The molecule has 0 spiro atoms. The van der Waals surface area contributed by atoms with Crippen LogP contribution < -0.4 is 19.1 Å². The van der Waals surface area contributed by atoms with Gasteiger partial charge < -0.3 is 19.5 Å². The molecule has 1 amide bonds. The number of amides is 1. The third-order valence-corrected chi connectivity index (χ3v) is 8.07. The molecule has 0 bridgehead atoms. The minimum atomic E-state index is -4.16. The highest BCUT2D eigenvalue weighted by Crippen LogP contribution is 2.38. The number of sulfonamides is 1. The first-order valence-electron chi connectivity index (χ1n) is 9.97. The van der Waals surface area contributed by atoms with Crippen LogP contribution in [-0.2, 0) is 14.8 Å². The molecule has 0 aliphatic carbocycles. The molecular formula is C22H19ClN2O7S2. The Morgan fingerprint density at radius 3 is 2.68 bits per heavy atom. The van der Waals surface area contributed by atoms with E-state index in [2.05, 4.69) is 5.32 Å². The van der Waals surface area contributed by atoms with Crippen LogP contribution in [0.4, 0.5) is 11.4 Å². The lowest BCUT2D eigenvalue weighted by atomic mass is 10.2. The summed E-state index contributed by atoms with van der Waals surface area (Å²) in [5.41, 5.74) is 0.867. The molecule has 9 nitrogen and oxygen atoms in total. The number of carbonyl (C=O) groups is 2. The second kappa shape index (κ2) is 9.53. The third-order valence-electron chi connectivity index (χ3n) is 4.86. The first-order valence-corrected chi connectivity index (χ1v) is 12.6. The normalized spacial score (nSPS) is 12.3. The Hall–Kier alpha value is -3.28. The van der Waals surface area contributed by atoms with Crippen LogP contribution in [0.25, 0.3) is 0 Å². The highest BCUT2D eigenvalue weighted by Gasteiger charge is 2.31. The van der Waals surface area contributed by atoms with Crippen molar-refractivity contribution in [2.75, 3.05) is 30.1 Å². The molecule has 0 atom stereocenters. The molecule has 178 valence electrons. The van der Waals surface area contributed by atoms with Gasteiger partial charge in [0.2, 0.25) is 6.79 Å². The Morgan fingerprint density at radius 2 is 1.91 bits per heavy atom. The quantitative estimate of drug-likeness (QED) is 0.458. The standard InChI is InChI=1S/C22H19ClN2O7S2/c1-3-30-22(27)13-5-4-6-14(9-13)24-21(26)20-18(11-19(23)33-20)34(28,29)25(2)15-7-8-16-17(10-15)32-12-31-16/h4-11H,3,12H2,1-2H3,(H,24,26). The number of hydrogen-bond donors (Lipinski definition) is 1. The van der Waals surface area contributed by atoms with Crippen LogP contribution in [0, 0.1) is 0 Å². The minimum Gasteiger partial charge on any atom is -0.462 e. The van der Waals surface area contributed by atoms with Gasteiger partial charge in [-0.15, -0.1) is 11.3 Å². The molecule has 0 radical (unpaired) electrons. The molecule has 4 rings (SSSR count). The van der Waals surface area contributed by atoms with Crippen molar-refractivity contribution >= 4 is 56.2 Å². The van der Waals surface area contributed by atoms with Gasteiger partial charge in [-0.1, -0.05) is 17.7 Å². The van der Waals surface area contributed by atoms with E-state index >= 15 is 0 Å². The number of nitrogens with zero attached hydrogens (tertiary/aromatic N) is 1. The monoisotopic (exact) mass is 522 g/mol. The first kappa shape index (κ1) is 23.9. The maximum atomic E-state index is 13.4. The Bertz CT molecular complexity index is 1370. The zero-order valence-electron chi connectivity index (χ0n) is 18.0. The van der Waals surface area contributed by atoms with Crippen molar-refractivity contribution < 1.29 is 32.2 Å². The van der Waals surface area contributed by atoms with Crippen molar-refractivity contribution in [2.45, 2.75) is 11.8 Å². The Labute approximate surface area is 204 Å². The summed E-state index contributed by atoms with van der Waals surface area (Å²) in [4.78, 5) is 24.6. The highest BCUT2D eigenvalue weighted by atomic mass is 35.5. The van der Waals surface area contributed by atoms with Gasteiger partial charge in [-0.2, -0.15) is 0 Å². The van der Waals surface area contributed by atoms with Gasteiger partial charge in [0.05, 0.1) is 22.2 Å². The number of anilines is 2. The lowest BCUT2D eigenvalue weighted by Crippen LogP contribution is -2.28. The Kier molecular flexibility index (Phi) is 6.69. The summed E-state index contributed by atoms with van der Waals surface area (Å²) in [6.45, 7) is 1.95. The van der Waals surface area contributed by atoms with Crippen molar-refractivity contribution in [1.29, 1.82) is 0 Å². The minimum absolute atomic E-state index is 0.0527. The molecule has 34 heavy (non-hydrogen) atoms. The summed E-state index contributed by atoms with van der Waals surface area (Å²) in [6, 6.07) is 12.1. The molecule has 1 aromatic heterocycles. The number of halogens is 1. The van der Waals surface area contributed by atoms with Crippen LogP contribution >= 0.6 is 22.9 Å². The third kappa shape index (κ3) is 4.67. The molecule has 2 heterocycles. The molecular weight excluding hydrogens is 504 g/mol. The molecule has 1 aliphatic rings. The summed E-state index contributed by atoms with van der Waals surface area (Å²) in [5.74, 6) is -0.289. The van der Waals surface area contributed by atoms with Crippen molar-refractivity contribution in [3.05, 3.63) is 63.3 Å². The second-order valence-electron chi connectivity index (χ2n) is 7.01. The lowest BCUT2D eigenvalue weighted by molar-refractivity contribution is 0.0526. The summed E-state index contributed by atoms with van der Waals surface area (Å²) in [5, 5.41) is 2.62. The van der Waals surface area contributed by atoms with Gasteiger partial charge in [-0.3, -0.25) is 9.10 Å². The molecule has 3 aromatic rings. The number of carbonyl (C=O) groups excluding carboxylic acids is 2. The largest absolute Gasteiger partial charge is 0.462 e. The predicted octanol–water partition coefficient (Wildman–Crippen LogP) is 4.38. The van der Waals surface area contributed by atoms with Gasteiger partial charge in [0, 0.05) is 18.8 Å². The maximum absolute atomic E-state index is 13.4. The fourth-order valence-corrected chi connectivity index (χ4v) is 6.07.